The quantitative estimate of drug-likeness (QED) is 0.298. The first-order valence-electron chi connectivity index (χ1n) is 13.5. The molecule has 2 amide bonds. The van der Waals surface area contributed by atoms with Crippen LogP contribution in [0, 0.1) is 10.1 Å². The predicted molar refractivity (Wildman–Crippen MR) is 148 cm³/mol. The second-order valence-electron chi connectivity index (χ2n) is 9.90. The number of rotatable bonds is 5. The Morgan fingerprint density at radius 1 is 1.03 bits per heavy atom. The molecule has 3 saturated heterocycles. The Labute approximate surface area is 226 Å². The number of amides is 2. The maximum atomic E-state index is 12.5. The van der Waals surface area contributed by atoms with Crippen LogP contribution in [0.15, 0.2) is 36.5 Å². The topological polar surface area (TPSA) is 130 Å². The molecule has 5 heterocycles. The van der Waals surface area contributed by atoms with Crippen molar-refractivity contribution in [3.63, 3.8) is 0 Å². The first-order valence-corrected chi connectivity index (χ1v) is 13.5. The van der Waals surface area contributed by atoms with Crippen molar-refractivity contribution < 1.29 is 14.5 Å². The number of anilines is 2. The lowest BCUT2D eigenvalue weighted by Crippen LogP contribution is -2.63. The van der Waals surface area contributed by atoms with Gasteiger partial charge in [-0.2, -0.15) is 5.10 Å². The molecule has 0 radical (unpaired) electrons. The highest BCUT2D eigenvalue weighted by molar-refractivity contribution is 6.03. The average molecular weight is 535 g/mol. The zero-order valence-corrected chi connectivity index (χ0v) is 22.5. The molecule has 206 valence electrons. The molecule has 3 aromatic rings. The molecule has 3 aliphatic rings. The third kappa shape index (κ3) is 5.03. The number of fused-ring (bicyclic) bond motifs is 1. The van der Waals surface area contributed by atoms with Crippen LogP contribution in [-0.2, 0) is 16.6 Å². The van der Waals surface area contributed by atoms with E-state index in [0.29, 0.717) is 18.9 Å². The van der Waals surface area contributed by atoms with Crippen LogP contribution in [0.2, 0.25) is 0 Å². The molecule has 1 N–H and O–H groups in total. The number of hydrogen-bond acceptors (Lipinski definition) is 9. The zero-order chi connectivity index (χ0) is 27.7. The van der Waals surface area contributed by atoms with Crippen molar-refractivity contribution in [3.8, 4) is 0 Å². The predicted octanol–water partition coefficient (Wildman–Crippen LogP) is 2.43. The lowest BCUT2D eigenvalue weighted by Gasteiger charge is -2.49. The second-order valence-corrected chi connectivity index (χ2v) is 9.90. The number of pyridine rings is 1. The first kappa shape index (κ1) is 26.5. The lowest BCUT2D eigenvalue weighted by molar-refractivity contribution is -0.389. The van der Waals surface area contributed by atoms with Crippen LogP contribution in [-0.4, -0.2) is 81.7 Å². The molecule has 39 heavy (non-hydrogen) atoms. The van der Waals surface area contributed by atoms with Crippen LogP contribution in [0.5, 0.6) is 0 Å². The van der Waals surface area contributed by atoms with E-state index in [2.05, 4.69) is 31.1 Å². The molecule has 1 aromatic carbocycles. The van der Waals surface area contributed by atoms with E-state index in [0.717, 1.165) is 67.2 Å². The summed E-state index contributed by atoms with van der Waals surface area (Å²) in [6.07, 6.45) is 2.39. The molecule has 0 spiro atoms. The smallest absolute Gasteiger partial charge is 0.363 e. The van der Waals surface area contributed by atoms with Crippen LogP contribution >= 0.6 is 0 Å². The number of carbonyl (C=O) groups is 2. The Balaban J connectivity index is 0.00000151. The summed E-state index contributed by atoms with van der Waals surface area (Å²) in [7, 11) is 1.91. The van der Waals surface area contributed by atoms with Gasteiger partial charge in [-0.15, -0.1) is 0 Å². The van der Waals surface area contributed by atoms with Crippen LogP contribution in [0.1, 0.15) is 38.3 Å². The van der Waals surface area contributed by atoms with Crippen molar-refractivity contribution in [1.82, 2.24) is 25.0 Å². The molecular weight excluding hydrogens is 500 g/mol. The monoisotopic (exact) mass is 534 g/mol. The summed E-state index contributed by atoms with van der Waals surface area (Å²) in [5, 5.41) is 19.0. The molecule has 1 atom stereocenters. The number of piperidine rings is 1. The number of aryl methyl sites for hydroxylation is 1. The minimum Gasteiger partial charge on any atom is -0.367 e. The minimum atomic E-state index is -0.480. The molecule has 3 fully saturated rings. The molecule has 1 unspecified atom stereocenters. The standard InChI is InChI=1S/C25H28N8O4.C2H6/c1-29-24-18(23(28-29)19-6-8-22(34)27-25(19)35)3-2-4-20(24)32-14-17(15-32)31-11-9-30(10-12-31)16-5-7-21(26-13-16)33(36)37;1-2/h2-5,7,13,17,19H,6,8-12,14-15H2,1H3,(H,27,34,35);1-2H3. The van der Waals surface area contributed by atoms with Gasteiger partial charge in [0, 0.05) is 70.2 Å². The number of hydrogen-bond donors (Lipinski definition) is 1. The van der Waals surface area contributed by atoms with E-state index in [9.17, 15) is 19.7 Å². The Kier molecular flexibility index (Phi) is 7.47. The van der Waals surface area contributed by atoms with Crippen molar-refractivity contribution in [1.29, 1.82) is 0 Å². The van der Waals surface area contributed by atoms with Crippen LogP contribution in [0.25, 0.3) is 10.9 Å². The lowest BCUT2D eigenvalue weighted by atomic mass is 9.92. The van der Waals surface area contributed by atoms with E-state index in [4.69, 9.17) is 5.10 Å². The molecule has 2 aromatic heterocycles. The number of para-hydroxylation sites is 1. The highest BCUT2D eigenvalue weighted by Gasteiger charge is 2.36. The minimum absolute atomic E-state index is 0.135. The zero-order valence-electron chi connectivity index (χ0n) is 22.5. The normalized spacial score (nSPS) is 20.3. The van der Waals surface area contributed by atoms with E-state index in [1.165, 1.54) is 6.07 Å². The summed E-state index contributed by atoms with van der Waals surface area (Å²) < 4.78 is 1.86. The van der Waals surface area contributed by atoms with Gasteiger partial charge in [0.2, 0.25) is 11.8 Å². The average Bonchev–Trinajstić information content (AvgIpc) is 3.26. The highest BCUT2D eigenvalue weighted by atomic mass is 16.6. The molecule has 0 saturated carbocycles. The largest absolute Gasteiger partial charge is 0.367 e. The van der Waals surface area contributed by atoms with Crippen molar-refractivity contribution in [2.45, 2.75) is 38.6 Å². The molecule has 0 aliphatic carbocycles. The molecule has 12 heteroatoms. The van der Waals surface area contributed by atoms with Gasteiger partial charge in [0.15, 0.2) is 6.20 Å². The summed E-state index contributed by atoms with van der Waals surface area (Å²) in [6, 6.07) is 9.80. The van der Waals surface area contributed by atoms with E-state index in [-0.39, 0.29) is 17.6 Å². The Morgan fingerprint density at radius 2 is 1.77 bits per heavy atom. The maximum Gasteiger partial charge on any atom is 0.363 e. The molecule has 3 aliphatic heterocycles. The fourth-order valence-corrected chi connectivity index (χ4v) is 5.71. The van der Waals surface area contributed by atoms with Gasteiger partial charge < -0.3 is 19.9 Å². The third-order valence-electron chi connectivity index (χ3n) is 7.76. The van der Waals surface area contributed by atoms with Gasteiger partial charge in [0.05, 0.1) is 28.5 Å². The summed E-state index contributed by atoms with van der Waals surface area (Å²) in [5.74, 6) is -1.04. The number of nitrogens with zero attached hydrogens (tertiary/aromatic N) is 7. The van der Waals surface area contributed by atoms with E-state index in [1.54, 1.807) is 12.3 Å². The van der Waals surface area contributed by atoms with Crippen molar-refractivity contribution in [3.05, 3.63) is 52.3 Å². The Hall–Kier alpha value is -4.06. The summed E-state index contributed by atoms with van der Waals surface area (Å²) in [4.78, 5) is 45.5. The van der Waals surface area contributed by atoms with Crippen LogP contribution in [0.4, 0.5) is 17.2 Å². The van der Waals surface area contributed by atoms with E-state index >= 15 is 0 Å². The van der Waals surface area contributed by atoms with Crippen LogP contribution in [0.3, 0.4) is 0 Å². The second kappa shape index (κ2) is 11.0. The number of benzene rings is 1. The fourth-order valence-electron chi connectivity index (χ4n) is 5.71. The van der Waals surface area contributed by atoms with Crippen molar-refractivity contribution in [2.75, 3.05) is 49.1 Å². The van der Waals surface area contributed by atoms with Crippen molar-refractivity contribution >= 4 is 39.9 Å². The maximum absolute atomic E-state index is 12.5. The van der Waals surface area contributed by atoms with Gasteiger partial charge in [-0.3, -0.25) is 24.5 Å². The molecular formula is C27H34N8O4. The number of imide groups is 1. The summed E-state index contributed by atoms with van der Waals surface area (Å²) >= 11 is 0. The number of carbonyl (C=O) groups excluding carboxylic acids is 2. The number of nitrogens with one attached hydrogen (secondary N) is 1. The SMILES string of the molecule is CC.Cn1nc(C2CCC(=O)NC2=O)c2cccc(N3CC(N4CCN(c5ccc([N+](=O)[O-])nc5)CC4)C3)c21. The van der Waals surface area contributed by atoms with Gasteiger partial charge in [-0.05, 0) is 28.5 Å². The summed E-state index contributed by atoms with van der Waals surface area (Å²) in [6.45, 7) is 9.37. The first-order chi connectivity index (χ1) is 18.9. The van der Waals surface area contributed by atoms with Crippen LogP contribution < -0.4 is 15.1 Å². The van der Waals surface area contributed by atoms with Gasteiger partial charge in [0.1, 0.15) is 0 Å². The van der Waals surface area contributed by atoms with E-state index in [1.807, 2.05) is 37.7 Å². The number of aromatic nitrogens is 3. The molecule has 6 rings (SSSR count). The van der Waals surface area contributed by atoms with Gasteiger partial charge in [0.25, 0.3) is 0 Å². The van der Waals surface area contributed by atoms with Gasteiger partial charge >= 0.3 is 5.82 Å². The van der Waals surface area contributed by atoms with Gasteiger partial charge in [-0.25, -0.2) is 0 Å². The van der Waals surface area contributed by atoms with Crippen molar-refractivity contribution in [2.24, 2.45) is 7.05 Å². The third-order valence-corrected chi connectivity index (χ3v) is 7.76. The molecule has 12 nitrogen and oxygen atoms in total. The Bertz CT molecular complexity index is 1370. The number of nitro groups is 1. The fraction of sp³-hybridized carbons (Fsp3) is 0.481. The van der Waals surface area contributed by atoms with E-state index < -0.39 is 10.8 Å². The highest BCUT2D eigenvalue weighted by Crippen LogP contribution is 2.36. The molecule has 0 bridgehead atoms. The number of piperazine rings is 1. The summed E-state index contributed by atoms with van der Waals surface area (Å²) in [5.41, 5.74) is 3.77. The Morgan fingerprint density at radius 3 is 2.41 bits per heavy atom. The van der Waals surface area contributed by atoms with Gasteiger partial charge in [-0.1, -0.05) is 26.0 Å².